The minimum Gasteiger partial charge on any atom is -0.485 e. The average Bonchev–Trinajstić information content (AvgIpc) is 3.21. The quantitative estimate of drug-likeness (QED) is 0.689. The smallest absolute Gasteiger partial charge is 0.265 e. The number of nitrogens with one attached hydrogen (secondary N) is 1. The predicted molar refractivity (Wildman–Crippen MR) is 96.9 cm³/mol. The maximum absolute atomic E-state index is 12.3. The van der Waals surface area contributed by atoms with Gasteiger partial charge in [-0.15, -0.1) is 0 Å². The van der Waals surface area contributed by atoms with Gasteiger partial charge in [0.2, 0.25) is 23.7 Å². The van der Waals surface area contributed by atoms with Crippen molar-refractivity contribution in [3.05, 3.63) is 48.5 Å². The first-order chi connectivity index (χ1) is 13.7. The van der Waals surface area contributed by atoms with E-state index in [9.17, 15) is 4.79 Å². The lowest BCUT2D eigenvalue weighted by atomic mass is 10.2. The number of hydrogen-bond acceptors (Lipinski definition) is 8. The second-order valence-electron chi connectivity index (χ2n) is 5.91. The van der Waals surface area contributed by atoms with Crippen molar-refractivity contribution in [2.75, 3.05) is 13.2 Å². The second kappa shape index (κ2) is 7.95. The van der Waals surface area contributed by atoms with Crippen LogP contribution in [-0.2, 0) is 11.3 Å². The summed E-state index contributed by atoms with van der Waals surface area (Å²) in [4.78, 5) is 20.8. The Balaban J connectivity index is 1.34. The average molecular weight is 382 g/mol. The molecular formula is C19H18N4O5. The van der Waals surface area contributed by atoms with Gasteiger partial charge in [0, 0.05) is 17.8 Å². The molecule has 1 amide bonds. The van der Waals surface area contributed by atoms with E-state index in [1.54, 1.807) is 30.5 Å². The molecule has 1 N–H and O–H groups in total. The Hall–Kier alpha value is -3.62. The zero-order valence-corrected chi connectivity index (χ0v) is 15.1. The van der Waals surface area contributed by atoms with Crippen LogP contribution < -0.4 is 19.5 Å². The van der Waals surface area contributed by atoms with Gasteiger partial charge in [-0.2, -0.15) is 4.98 Å². The molecule has 0 fully saturated rings. The molecule has 1 aliphatic rings. The number of nitrogens with zero attached hydrogens (tertiary/aromatic N) is 3. The van der Waals surface area contributed by atoms with Crippen molar-refractivity contribution in [2.45, 2.75) is 19.6 Å². The summed E-state index contributed by atoms with van der Waals surface area (Å²) in [5.74, 6) is 2.02. The predicted octanol–water partition coefficient (Wildman–Crippen LogP) is 1.99. The van der Waals surface area contributed by atoms with E-state index < -0.39 is 6.10 Å². The lowest BCUT2D eigenvalue weighted by Gasteiger charge is -2.25. The number of hydrogen-bond donors (Lipinski definition) is 1. The summed E-state index contributed by atoms with van der Waals surface area (Å²) in [7, 11) is 0. The first-order valence-corrected chi connectivity index (χ1v) is 8.81. The Morgan fingerprint density at radius 3 is 2.89 bits per heavy atom. The zero-order valence-electron chi connectivity index (χ0n) is 15.1. The summed E-state index contributed by atoms with van der Waals surface area (Å²) in [6.45, 7) is 2.64. The van der Waals surface area contributed by atoms with Crippen molar-refractivity contribution in [3.8, 4) is 28.8 Å². The molecule has 0 spiro atoms. The van der Waals surface area contributed by atoms with Crippen molar-refractivity contribution in [1.82, 2.24) is 20.4 Å². The highest BCUT2D eigenvalue weighted by molar-refractivity contribution is 5.81. The van der Waals surface area contributed by atoms with Crippen molar-refractivity contribution in [3.63, 3.8) is 0 Å². The van der Waals surface area contributed by atoms with Crippen LogP contribution in [0.3, 0.4) is 0 Å². The number of ether oxygens (including phenoxy) is 3. The molecule has 1 aromatic carbocycles. The minimum absolute atomic E-state index is 0.0811. The molecule has 9 heteroatoms. The Bertz CT molecular complexity index is 957. The molecule has 0 bridgehead atoms. The number of benzene rings is 1. The number of pyridine rings is 1. The number of aromatic nitrogens is 3. The van der Waals surface area contributed by atoms with E-state index in [0.29, 0.717) is 35.4 Å². The van der Waals surface area contributed by atoms with E-state index in [-0.39, 0.29) is 24.9 Å². The van der Waals surface area contributed by atoms with E-state index in [2.05, 4.69) is 20.4 Å². The number of carbonyl (C=O) groups excluding carboxylic acids is 1. The molecule has 4 rings (SSSR count). The number of para-hydroxylation sites is 2. The molecule has 144 valence electrons. The van der Waals surface area contributed by atoms with Gasteiger partial charge in [0.1, 0.15) is 6.61 Å². The van der Waals surface area contributed by atoms with Gasteiger partial charge in [-0.1, -0.05) is 17.3 Å². The highest BCUT2D eigenvalue weighted by atomic mass is 16.6. The lowest BCUT2D eigenvalue weighted by molar-refractivity contribution is -0.130. The van der Waals surface area contributed by atoms with Gasteiger partial charge in [-0.25, -0.2) is 4.98 Å². The standard InChI is InChI=1S/C19H18N4O5/c1-2-25-16-8-7-12(9-20-16)18-22-17(28-23-18)10-21-19(24)15-11-26-13-5-3-4-6-14(13)27-15/h3-9,15H,2,10-11H2,1H3,(H,21,24)/t15-/m1/s1. The fraction of sp³-hybridized carbons (Fsp3) is 0.263. The van der Waals surface area contributed by atoms with Crippen LogP contribution in [0.1, 0.15) is 12.8 Å². The molecule has 9 nitrogen and oxygen atoms in total. The normalized spacial score (nSPS) is 15.1. The van der Waals surface area contributed by atoms with Crippen LogP contribution in [-0.4, -0.2) is 40.3 Å². The van der Waals surface area contributed by atoms with Gasteiger partial charge in [-0.05, 0) is 25.1 Å². The van der Waals surface area contributed by atoms with Gasteiger partial charge in [0.25, 0.3) is 5.91 Å². The summed E-state index contributed by atoms with van der Waals surface area (Å²) in [6, 6.07) is 10.7. The van der Waals surface area contributed by atoms with Crippen LogP contribution in [0.2, 0.25) is 0 Å². The molecule has 3 heterocycles. The van der Waals surface area contributed by atoms with Gasteiger partial charge >= 0.3 is 0 Å². The van der Waals surface area contributed by atoms with Gasteiger partial charge in [0.15, 0.2) is 11.5 Å². The molecule has 1 aliphatic heterocycles. The van der Waals surface area contributed by atoms with Crippen LogP contribution in [0.25, 0.3) is 11.4 Å². The first kappa shape index (κ1) is 17.8. The molecule has 2 aromatic heterocycles. The Morgan fingerprint density at radius 2 is 2.11 bits per heavy atom. The molecule has 0 saturated carbocycles. The minimum atomic E-state index is -0.743. The van der Waals surface area contributed by atoms with E-state index >= 15 is 0 Å². The molecule has 0 unspecified atom stereocenters. The number of fused-ring (bicyclic) bond motifs is 1. The Morgan fingerprint density at radius 1 is 1.25 bits per heavy atom. The Kier molecular flexibility index (Phi) is 5.05. The monoisotopic (exact) mass is 382 g/mol. The molecule has 28 heavy (non-hydrogen) atoms. The van der Waals surface area contributed by atoms with Crippen LogP contribution >= 0.6 is 0 Å². The van der Waals surface area contributed by atoms with Crippen LogP contribution in [0.15, 0.2) is 47.1 Å². The third kappa shape index (κ3) is 3.88. The maximum atomic E-state index is 12.3. The van der Waals surface area contributed by atoms with Crippen LogP contribution in [0.5, 0.6) is 17.4 Å². The lowest BCUT2D eigenvalue weighted by Crippen LogP contribution is -2.43. The van der Waals surface area contributed by atoms with Gasteiger partial charge < -0.3 is 24.1 Å². The zero-order chi connectivity index (χ0) is 19.3. The molecular weight excluding hydrogens is 364 g/mol. The van der Waals surface area contributed by atoms with Crippen molar-refractivity contribution in [2.24, 2.45) is 0 Å². The Labute approximate surface area is 160 Å². The highest BCUT2D eigenvalue weighted by Gasteiger charge is 2.27. The molecule has 1 atom stereocenters. The fourth-order valence-corrected chi connectivity index (χ4v) is 2.62. The summed E-state index contributed by atoms with van der Waals surface area (Å²) in [5.41, 5.74) is 0.686. The topological polar surface area (TPSA) is 109 Å². The van der Waals surface area contributed by atoms with Crippen LogP contribution in [0.4, 0.5) is 0 Å². The van der Waals surface area contributed by atoms with Gasteiger partial charge in [-0.3, -0.25) is 4.79 Å². The molecule has 0 radical (unpaired) electrons. The number of carbonyl (C=O) groups is 1. The van der Waals surface area contributed by atoms with E-state index in [1.165, 1.54) is 0 Å². The summed E-state index contributed by atoms with van der Waals surface area (Å²) in [5, 5.41) is 6.62. The highest BCUT2D eigenvalue weighted by Crippen LogP contribution is 2.30. The maximum Gasteiger partial charge on any atom is 0.265 e. The number of amides is 1. The molecule has 3 aromatic rings. The van der Waals surface area contributed by atoms with Crippen molar-refractivity contribution < 1.29 is 23.5 Å². The summed E-state index contributed by atoms with van der Waals surface area (Å²) in [6.07, 6.45) is 0.857. The fourth-order valence-electron chi connectivity index (χ4n) is 2.62. The van der Waals surface area contributed by atoms with E-state index in [1.807, 2.05) is 19.1 Å². The SMILES string of the molecule is CCOc1ccc(-c2noc(CNC(=O)[C@H]3COc4ccccc4O3)n2)cn1. The summed E-state index contributed by atoms with van der Waals surface area (Å²) < 4.78 is 21.7. The van der Waals surface area contributed by atoms with Crippen LogP contribution in [0, 0.1) is 0 Å². The molecule has 0 saturated heterocycles. The number of rotatable bonds is 6. The third-order valence-corrected chi connectivity index (χ3v) is 3.97. The van der Waals surface area contributed by atoms with Crippen molar-refractivity contribution in [1.29, 1.82) is 0 Å². The second-order valence-corrected chi connectivity index (χ2v) is 5.91. The third-order valence-electron chi connectivity index (χ3n) is 3.97. The van der Waals surface area contributed by atoms with E-state index in [4.69, 9.17) is 18.7 Å². The largest absolute Gasteiger partial charge is 0.485 e. The van der Waals surface area contributed by atoms with Gasteiger partial charge in [0.05, 0.1) is 13.2 Å². The first-order valence-electron chi connectivity index (χ1n) is 8.81. The summed E-state index contributed by atoms with van der Waals surface area (Å²) >= 11 is 0. The van der Waals surface area contributed by atoms with Crippen molar-refractivity contribution >= 4 is 5.91 Å². The molecule has 0 aliphatic carbocycles. The van der Waals surface area contributed by atoms with E-state index in [0.717, 1.165) is 0 Å².